The molecule has 0 unspecified atom stereocenters. The molecule has 0 heterocycles. The lowest BCUT2D eigenvalue weighted by atomic mass is 10.2. The standard InChI is InChI=1S/C23H33N3O2.HI/c1-3-24-23(26-19-21-11-13-22(27-2)14-12-21)25-16-7-8-17-28-18-15-20-9-5-4-6-10-20;/h4-6,9-14H,3,7-8,15-19H2,1-2H3,(H2,24,25,26);1H. The van der Waals surface area contributed by atoms with Crippen LogP contribution in [0, 0.1) is 0 Å². The predicted octanol–water partition coefficient (Wildman–Crippen LogP) is 4.41. The van der Waals surface area contributed by atoms with Crippen LogP contribution in [0.25, 0.3) is 0 Å². The molecule has 2 aromatic carbocycles. The van der Waals surface area contributed by atoms with Crippen molar-refractivity contribution in [1.82, 2.24) is 10.6 Å². The van der Waals surface area contributed by atoms with Crippen molar-refractivity contribution in [3.8, 4) is 5.75 Å². The van der Waals surface area contributed by atoms with Gasteiger partial charge in [-0.1, -0.05) is 42.5 Å². The zero-order valence-electron chi connectivity index (χ0n) is 17.5. The molecule has 0 aliphatic carbocycles. The van der Waals surface area contributed by atoms with Gasteiger partial charge in [0.1, 0.15) is 5.75 Å². The summed E-state index contributed by atoms with van der Waals surface area (Å²) in [5.41, 5.74) is 2.48. The van der Waals surface area contributed by atoms with Gasteiger partial charge in [0.2, 0.25) is 0 Å². The summed E-state index contributed by atoms with van der Waals surface area (Å²) in [6.07, 6.45) is 3.07. The molecule has 0 aliphatic rings. The second-order valence-corrected chi connectivity index (χ2v) is 6.53. The van der Waals surface area contributed by atoms with Crippen LogP contribution in [0.3, 0.4) is 0 Å². The third-order valence-corrected chi connectivity index (χ3v) is 4.31. The number of aliphatic imine (C=N–C) groups is 1. The quantitative estimate of drug-likeness (QED) is 0.192. The minimum atomic E-state index is 0. The molecule has 2 aromatic rings. The van der Waals surface area contributed by atoms with Gasteiger partial charge in [0, 0.05) is 19.7 Å². The summed E-state index contributed by atoms with van der Waals surface area (Å²) in [6.45, 7) is 6.03. The van der Waals surface area contributed by atoms with Crippen LogP contribution in [0.15, 0.2) is 59.6 Å². The van der Waals surface area contributed by atoms with Gasteiger partial charge in [-0.25, -0.2) is 4.99 Å². The monoisotopic (exact) mass is 511 g/mol. The van der Waals surface area contributed by atoms with Gasteiger partial charge in [0.15, 0.2) is 5.96 Å². The normalized spacial score (nSPS) is 10.9. The van der Waals surface area contributed by atoms with Crippen molar-refractivity contribution in [3.05, 3.63) is 65.7 Å². The van der Waals surface area contributed by atoms with E-state index >= 15 is 0 Å². The van der Waals surface area contributed by atoms with E-state index in [0.29, 0.717) is 6.54 Å². The first-order valence-electron chi connectivity index (χ1n) is 10.1. The van der Waals surface area contributed by atoms with E-state index < -0.39 is 0 Å². The van der Waals surface area contributed by atoms with Gasteiger partial charge in [0.25, 0.3) is 0 Å². The molecule has 0 atom stereocenters. The average molecular weight is 511 g/mol. The van der Waals surface area contributed by atoms with Gasteiger partial charge in [-0.2, -0.15) is 0 Å². The first-order chi connectivity index (χ1) is 13.8. The Morgan fingerprint density at radius 2 is 1.66 bits per heavy atom. The molecule has 0 saturated carbocycles. The molecular weight excluding hydrogens is 477 g/mol. The van der Waals surface area contributed by atoms with Crippen LogP contribution < -0.4 is 15.4 Å². The Balaban J connectivity index is 0.00000420. The van der Waals surface area contributed by atoms with E-state index in [1.165, 1.54) is 5.56 Å². The van der Waals surface area contributed by atoms with Gasteiger partial charge in [-0.15, -0.1) is 24.0 Å². The van der Waals surface area contributed by atoms with E-state index in [-0.39, 0.29) is 24.0 Å². The average Bonchev–Trinajstić information content (AvgIpc) is 2.75. The van der Waals surface area contributed by atoms with E-state index in [2.05, 4.69) is 46.8 Å². The summed E-state index contributed by atoms with van der Waals surface area (Å²) in [5, 5.41) is 6.68. The van der Waals surface area contributed by atoms with Crippen LogP contribution in [-0.4, -0.2) is 39.4 Å². The number of rotatable bonds is 12. The molecule has 0 bridgehead atoms. The second-order valence-electron chi connectivity index (χ2n) is 6.53. The highest BCUT2D eigenvalue weighted by atomic mass is 127. The van der Waals surface area contributed by atoms with Crippen LogP contribution in [0.1, 0.15) is 30.9 Å². The van der Waals surface area contributed by atoms with Crippen molar-refractivity contribution in [3.63, 3.8) is 0 Å². The molecule has 0 aromatic heterocycles. The van der Waals surface area contributed by atoms with E-state index in [0.717, 1.165) is 62.8 Å². The fourth-order valence-electron chi connectivity index (χ4n) is 2.72. The van der Waals surface area contributed by atoms with Crippen LogP contribution in [0.4, 0.5) is 0 Å². The summed E-state index contributed by atoms with van der Waals surface area (Å²) < 4.78 is 10.9. The molecule has 2 N–H and O–H groups in total. The van der Waals surface area contributed by atoms with Gasteiger partial charge >= 0.3 is 0 Å². The molecule has 0 amide bonds. The lowest BCUT2D eigenvalue weighted by Gasteiger charge is -2.11. The van der Waals surface area contributed by atoms with E-state index in [1.54, 1.807) is 7.11 Å². The Morgan fingerprint density at radius 1 is 0.897 bits per heavy atom. The van der Waals surface area contributed by atoms with Crippen LogP contribution in [-0.2, 0) is 17.7 Å². The lowest BCUT2D eigenvalue weighted by Crippen LogP contribution is -2.37. The molecule has 2 rings (SSSR count). The largest absolute Gasteiger partial charge is 0.497 e. The Kier molecular flexibility index (Phi) is 14.0. The molecule has 0 spiro atoms. The SMILES string of the molecule is CCNC(=NCc1ccc(OC)cc1)NCCCCOCCc1ccccc1.I. The third-order valence-electron chi connectivity index (χ3n) is 4.31. The minimum absolute atomic E-state index is 0. The van der Waals surface area contributed by atoms with Gasteiger partial charge < -0.3 is 20.1 Å². The topological polar surface area (TPSA) is 54.9 Å². The van der Waals surface area contributed by atoms with Crippen LogP contribution >= 0.6 is 24.0 Å². The van der Waals surface area contributed by atoms with Crippen LogP contribution in [0.2, 0.25) is 0 Å². The number of ether oxygens (including phenoxy) is 2. The van der Waals surface area contributed by atoms with Gasteiger partial charge in [-0.3, -0.25) is 0 Å². The number of methoxy groups -OCH3 is 1. The van der Waals surface area contributed by atoms with Crippen molar-refractivity contribution in [2.45, 2.75) is 32.7 Å². The van der Waals surface area contributed by atoms with Crippen molar-refractivity contribution in [1.29, 1.82) is 0 Å². The number of nitrogens with zero attached hydrogens (tertiary/aromatic N) is 1. The van der Waals surface area contributed by atoms with Crippen molar-refractivity contribution >= 4 is 29.9 Å². The maximum Gasteiger partial charge on any atom is 0.191 e. The molecule has 0 aliphatic heterocycles. The second kappa shape index (κ2) is 16.0. The minimum Gasteiger partial charge on any atom is -0.497 e. The van der Waals surface area contributed by atoms with Crippen molar-refractivity contribution in [2.24, 2.45) is 4.99 Å². The van der Waals surface area contributed by atoms with Gasteiger partial charge in [-0.05, 0) is 49.4 Å². The Morgan fingerprint density at radius 3 is 2.34 bits per heavy atom. The van der Waals surface area contributed by atoms with E-state index in [4.69, 9.17) is 9.47 Å². The summed E-state index contributed by atoms with van der Waals surface area (Å²) in [5.74, 6) is 1.71. The number of unbranched alkanes of at least 4 members (excludes halogenated alkanes) is 1. The third kappa shape index (κ3) is 11.1. The molecular formula is C23H34IN3O2. The van der Waals surface area contributed by atoms with Gasteiger partial charge in [0.05, 0.1) is 20.3 Å². The number of halogens is 1. The Labute approximate surface area is 192 Å². The molecule has 0 fully saturated rings. The highest BCUT2D eigenvalue weighted by Gasteiger charge is 1.99. The zero-order chi connectivity index (χ0) is 19.9. The molecule has 0 saturated heterocycles. The molecule has 5 nitrogen and oxygen atoms in total. The summed E-state index contributed by atoms with van der Waals surface area (Å²) >= 11 is 0. The van der Waals surface area contributed by atoms with E-state index in [9.17, 15) is 0 Å². The Hall–Kier alpha value is -1.80. The molecule has 0 radical (unpaired) electrons. The number of guanidine groups is 1. The number of hydrogen-bond acceptors (Lipinski definition) is 3. The summed E-state index contributed by atoms with van der Waals surface area (Å²) in [4.78, 5) is 4.64. The first-order valence-corrected chi connectivity index (χ1v) is 10.1. The molecule has 6 heteroatoms. The fraction of sp³-hybridized carbons (Fsp3) is 0.435. The van der Waals surface area contributed by atoms with Crippen LogP contribution in [0.5, 0.6) is 5.75 Å². The van der Waals surface area contributed by atoms with Crippen molar-refractivity contribution in [2.75, 3.05) is 33.4 Å². The number of nitrogens with one attached hydrogen (secondary N) is 2. The summed E-state index contributed by atoms with van der Waals surface area (Å²) in [6, 6.07) is 18.5. The highest BCUT2D eigenvalue weighted by molar-refractivity contribution is 14.0. The number of benzene rings is 2. The maximum atomic E-state index is 5.73. The highest BCUT2D eigenvalue weighted by Crippen LogP contribution is 2.11. The van der Waals surface area contributed by atoms with Crippen molar-refractivity contribution < 1.29 is 9.47 Å². The summed E-state index contributed by atoms with van der Waals surface area (Å²) in [7, 11) is 1.68. The molecule has 29 heavy (non-hydrogen) atoms. The smallest absolute Gasteiger partial charge is 0.191 e. The fourth-order valence-corrected chi connectivity index (χ4v) is 2.72. The maximum absolute atomic E-state index is 5.73. The number of hydrogen-bond donors (Lipinski definition) is 2. The van der Waals surface area contributed by atoms with E-state index in [1.807, 2.05) is 30.3 Å². The molecule has 160 valence electrons. The Bertz CT molecular complexity index is 678. The predicted molar refractivity (Wildman–Crippen MR) is 131 cm³/mol. The first kappa shape index (κ1) is 25.2. The zero-order valence-corrected chi connectivity index (χ0v) is 19.9. The lowest BCUT2D eigenvalue weighted by molar-refractivity contribution is 0.133.